The van der Waals surface area contributed by atoms with Gasteiger partial charge in [-0.05, 0) is 31.3 Å². The van der Waals surface area contributed by atoms with Crippen LogP contribution in [0.5, 0.6) is 0 Å². The first-order chi connectivity index (χ1) is 11.4. The lowest BCUT2D eigenvalue weighted by molar-refractivity contribution is 0.340. The van der Waals surface area contributed by atoms with E-state index in [9.17, 15) is 0 Å². The molecule has 1 aliphatic heterocycles. The zero-order valence-corrected chi connectivity index (χ0v) is 18.9. The average molecular weight is 462 g/mol. The number of nitrogens with one attached hydrogen (secondary N) is 1. The van der Waals surface area contributed by atoms with Crippen molar-refractivity contribution in [1.82, 2.24) is 24.9 Å². The van der Waals surface area contributed by atoms with Gasteiger partial charge in [-0.15, -0.1) is 24.0 Å². The highest BCUT2D eigenvalue weighted by Gasteiger charge is 2.22. The predicted molar refractivity (Wildman–Crippen MR) is 116 cm³/mol. The van der Waals surface area contributed by atoms with Crippen molar-refractivity contribution in [3.8, 4) is 0 Å². The molecule has 0 aromatic carbocycles. The summed E-state index contributed by atoms with van der Waals surface area (Å²) in [7, 11) is 5.94. The Morgan fingerprint density at radius 2 is 2.20 bits per heavy atom. The summed E-state index contributed by atoms with van der Waals surface area (Å²) < 4.78 is 1.91. The Morgan fingerprint density at radius 1 is 1.48 bits per heavy atom. The first-order valence-corrected chi connectivity index (χ1v) is 9.11. The summed E-state index contributed by atoms with van der Waals surface area (Å²) >= 11 is 0. The molecule has 1 aromatic heterocycles. The second-order valence-electron chi connectivity index (χ2n) is 7.20. The van der Waals surface area contributed by atoms with Crippen LogP contribution in [0.25, 0.3) is 0 Å². The van der Waals surface area contributed by atoms with Gasteiger partial charge in [0.2, 0.25) is 0 Å². The van der Waals surface area contributed by atoms with E-state index in [0.717, 1.165) is 31.5 Å². The lowest BCUT2D eigenvalue weighted by Gasteiger charge is -2.24. The van der Waals surface area contributed by atoms with E-state index in [0.29, 0.717) is 5.92 Å². The Kier molecular flexibility index (Phi) is 9.20. The van der Waals surface area contributed by atoms with Crippen LogP contribution in [-0.2, 0) is 13.6 Å². The van der Waals surface area contributed by atoms with E-state index < -0.39 is 0 Å². The van der Waals surface area contributed by atoms with Gasteiger partial charge < -0.3 is 15.1 Å². The van der Waals surface area contributed by atoms with Crippen molar-refractivity contribution in [3.05, 3.63) is 17.5 Å². The van der Waals surface area contributed by atoms with Gasteiger partial charge in [-0.25, -0.2) is 0 Å². The molecule has 1 saturated heterocycles. The minimum absolute atomic E-state index is 0. The zero-order chi connectivity index (χ0) is 17.7. The molecule has 1 aliphatic rings. The maximum Gasteiger partial charge on any atom is 0.193 e. The van der Waals surface area contributed by atoms with Crippen LogP contribution in [-0.4, -0.2) is 65.8 Å². The normalized spacial score (nSPS) is 18.5. The van der Waals surface area contributed by atoms with Crippen molar-refractivity contribution in [3.63, 3.8) is 0 Å². The van der Waals surface area contributed by atoms with Crippen molar-refractivity contribution in [1.29, 1.82) is 0 Å². The fourth-order valence-corrected chi connectivity index (χ4v) is 3.48. The summed E-state index contributed by atoms with van der Waals surface area (Å²) in [6.07, 6.45) is 3.40. The molecule has 0 spiro atoms. The van der Waals surface area contributed by atoms with Crippen molar-refractivity contribution in [2.75, 3.05) is 40.3 Å². The van der Waals surface area contributed by atoms with Gasteiger partial charge in [-0.3, -0.25) is 9.67 Å². The van der Waals surface area contributed by atoms with Crippen molar-refractivity contribution >= 4 is 29.9 Å². The third kappa shape index (κ3) is 6.13. The first kappa shape index (κ1) is 22.2. The molecule has 2 heterocycles. The number of rotatable bonds is 6. The lowest BCUT2D eigenvalue weighted by Crippen LogP contribution is -2.41. The number of hydrogen-bond acceptors (Lipinski definition) is 3. The smallest absolute Gasteiger partial charge is 0.193 e. The van der Waals surface area contributed by atoms with Crippen LogP contribution in [0.2, 0.25) is 0 Å². The summed E-state index contributed by atoms with van der Waals surface area (Å²) in [5.41, 5.74) is 2.45. The van der Waals surface area contributed by atoms with Crippen LogP contribution < -0.4 is 5.32 Å². The van der Waals surface area contributed by atoms with Crippen LogP contribution >= 0.6 is 24.0 Å². The summed E-state index contributed by atoms with van der Waals surface area (Å²) in [6.45, 7) is 12.0. The highest BCUT2D eigenvalue weighted by atomic mass is 127. The number of aromatic nitrogens is 2. The topological polar surface area (TPSA) is 48.7 Å². The minimum Gasteiger partial charge on any atom is -0.356 e. The standard InChI is InChI=1S/C18H34N6.HI/c1-7-24-9-8-15(11-24)10-20-18(19-4)22(5)12-16-13-23(6)21-17(16)14(2)3;/h13-15H,7-12H2,1-6H3,(H,19,20);1H. The van der Waals surface area contributed by atoms with E-state index in [-0.39, 0.29) is 24.0 Å². The molecule has 1 atom stereocenters. The molecule has 1 unspecified atom stereocenters. The number of halogens is 1. The van der Waals surface area contributed by atoms with Crippen LogP contribution in [0.15, 0.2) is 11.2 Å². The van der Waals surface area contributed by atoms with Crippen LogP contribution in [0.3, 0.4) is 0 Å². The Bertz CT molecular complexity index is 554. The monoisotopic (exact) mass is 462 g/mol. The summed E-state index contributed by atoms with van der Waals surface area (Å²) in [5.74, 6) is 2.12. The molecule has 1 fully saturated rings. The minimum atomic E-state index is 0. The number of aliphatic imine (C=N–C) groups is 1. The summed E-state index contributed by atoms with van der Waals surface area (Å²) in [6, 6.07) is 0. The van der Waals surface area contributed by atoms with Gasteiger partial charge in [0.15, 0.2) is 5.96 Å². The summed E-state index contributed by atoms with van der Waals surface area (Å²) in [4.78, 5) is 9.16. The largest absolute Gasteiger partial charge is 0.356 e. The first-order valence-electron chi connectivity index (χ1n) is 9.11. The average Bonchev–Trinajstić information content (AvgIpc) is 3.14. The Hall–Kier alpha value is -0.830. The molecule has 6 nitrogen and oxygen atoms in total. The van der Waals surface area contributed by atoms with Crippen molar-refractivity contribution in [2.24, 2.45) is 18.0 Å². The Balaban J connectivity index is 0.00000312. The van der Waals surface area contributed by atoms with E-state index in [2.05, 4.69) is 59.2 Å². The quantitative estimate of drug-likeness (QED) is 0.401. The number of likely N-dealkylation sites (tertiary alicyclic amines) is 1. The molecule has 0 bridgehead atoms. The molecule has 2 rings (SSSR count). The molecule has 0 saturated carbocycles. The van der Waals surface area contributed by atoms with E-state index >= 15 is 0 Å². The molecular weight excluding hydrogens is 427 g/mol. The van der Waals surface area contributed by atoms with Crippen LogP contribution in [0.1, 0.15) is 44.4 Å². The van der Waals surface area contributed by atoms with Gasteiger partial charge in [-0.1, -0.05) is 20.8 Å². The fraction of sp³-hybridized carbons (Fsp3) is 0.778. The Labute approximate surface area is 170 Å². The molecule has 1 N–H and O–H groups in total. The zero-order valence-electron chi connectivity index (χ0n) is 16.6. The second kappa shape index (κ2) is 10.4. The molecular formula is C18H35IN6. The van der Waals surface area contributed by atoms with Gasteiger partial charge in [-0.2, -0.15) is 5.10 Å². The van der Waals surface area contributed by atoms with E-state index in [1.807, 2.05) is 18.8 Å². The molecule has 1 aromatic rings. The molecule has 0 amide bonds. The highest BCUT2D eigenvalue weighted by Crippen LogP contribution is 2.19. The van der Waals surface area contributed by atoms with Crippen molar-refractivity contribution in [2.45, 2.75) is 39.7 Å². The Morgan fingerprint density at radius 3 is 2.76 bits per heavy atom. The summed E-state index contributed by atoms with van der Waals surface area (Å²) in [5, 5.41) is 8.15. The predicted octanol–water partition coefficient (Wildman–Crippen LogP) is 2.51. The lowest BCUT2D eigenvalue weighted by atomic mass is 10.1. The van der Waals surface area contributed by atoms with E-state index in [1.54, 1.807) is 0 Å². The SMILES string of the molecule is CCN1CCC(CNC(=NC)N(C)Cc2cn(C)nc2C(C)C)C1.I. The third-order valence-corrected chi connectivity index (χ3v) is 4.83. The molecule has 144 valence electrons. The number of hydrogen-bond donors (Lipinski definition) is 1. The van der Waals surface area contributed by atoms with Crippen LogP contribution in [0, 0.1) is 5.92 Å². The molecule has 0 radical (unpaired) electrons. The van der Waals surface area contributed by atoms with Gasteiger partial charge >= 0.3 is 0 Å². The molecule has 7 heteroatoms. The second-order valence-corrected chi connectivity index (χ2v) is 7.20. The van der Waals surface area contributed by atoms with Crippen molar-refractivity contribution < 1.29 is 0 Å². The van der Waals surface area contributed by atoms with Crippen LogP contribution in [0.4, 0.5) is 0 Å². The van der Waals surface area contributed by atoms with E-state index in [4.69, 9.17) is 0 Å². The maximum atomic E-state index is 4.60. The van der Waals surface area contributed by atoms with Gasteiger partial charge in [0.25, 0.3) is 0 Å². The number of nitrogens with zero attached hydrogens (tertiary/aromatic N) is 5. The number of guanidine groups is 1. The molecule has 25 heavy (non-hydrogen) atoms. The fourth-order valence-electron chi connectivity index (χ4n) is 3.48. The maximum absolute atomic E-state index is 4.60. The molecule has 0 aliphatic carbocycles. The van der Waals surface area contributed by atoms with Gasteiger partial charge in [0, 0.05) is 52.5 Å². The number of aryl methyl sites for hydroxylation is 1. The van der Waals surface area contributed by atoms with E-state index in [1.165, 1.54) is 30.8 Å². The third-order valence-electron chi connectivity index (χ3n) is 4.83. The van der Waals surface area contributed by atoms with Gasteiger partial charge in [0.1, 0.15) is 0 Å². The highest BCUT2D eigenvalue weighted by molar-refractivity contribution is 14.0. The van der Waals surface area contributed by atoms with Gasteiger partial charge in [0.05, 0.1) is 5.69 Å².